The molecule has 0 saturated heterocycles. The molecule has 2 aromatic heterocycles. The van der Waals surface area contributed by atoms with Crippen molar-refractivity contribution in [3.05, 3.63) is 43.5 Å². The minimum Gasteiger partial charge on any atom is -0.477 e. The third kappa shape index (κ3) is 9.09. The molecule has 0 amide bonds. The number of nitrogens with zero attached hydrogens (tertiary/aromatic N) is 4. The fourth-order valence-corrected chi connectivity index (χ4v) is 2.53. The molecule has 214 valence electrons. The first kappa shape index (κ1) is 32.0. The zero-order chi connectivity index (χ0) is 29.9. The molecule has 16 nitrogen and oxygen atoms in total. The van der Waals surface area contributed by atoms with Crippen molar-refractivity contribution in [3.63, 3.8) is 0 Å². The Morgan fingerprint density at radius 1 is 0.897 bits per heavy atom. The highest BCUT2D eigenvalue weighted by Gasteiger charge is 2.26. The summed E-state index contributed by atoms with van der Waals surface area (Å²) >= 11 is 0. The first-order valence-electron chi connectivity index (χ1n) is 10.1. The number of aromatic nitrogens is 2. The van der Waals surface area contributed by atoms with E-state index in [9.17, 15) is 47.4 Å². The summed E-state index contributed by atoms with van der Waals surface area (Å²) in [7, 11) is 3.70. The van der Waals surface area contributed by atoms with Crippen LogP contribution in [-0.2, 0) is 4.74 Å². The molecule has 20 heteroatoms. The summed E-state index contributed by atoms with van der Waals surface area (Å²) in [5.74, 6) is -4.11. The predicted octanol–water partition coefficient (Wildman–Crippen LogP) is 2.84. The highest BCUT2D eigenvalue weighted by Crippen LogP contribution is 2.30. The second-order valence-corrected chi connectivity index (χ2v) is 6.63. The van der Waals surface area contributed by atoms with E-state index in [2.05, 4.69) is 34.8 Å². The number of nitro groups is 2. The average Bonchev–Trinajstić information content (AvgIpc) is 2.88. The molecule has 0 aliphatic carbocycles. The minimum absolute atomic E-state index is 0.216. The number of anilines is 2. The summed E-state index contributed by atoms with van der Waals surface area (Å²) < 4.78 is 61.9. The number of ether oxygens (including phenoxy) is 3. The number of esters is 1. The Morgan fingerprint density at radius 3 is 1.59 bits per heavy atom. The molecule has 2 rings (SSSR count). The van der Waals surface area contributed by atoms with Crippen LogP contribution >= 0.6 is 0 Å². The van der Waals surface area contributed by atoms with Crippen LogP contribution in [0.5, 0.6) is 11.8 Å². The van der Waals surface area contributed by atoms with Crippen LogP contribution in [0.25, 0.3) is 0 Å². The zero-order valence-electron chi connectivity index (χ0n) is 20.1. The summed E-state index contributed by atoms with van der Waals surface area (Å²) in [4.78, 5) is 49.4. The van der Waals surface area contributed by atoms with E-state index in [0.717, 1.165) is 13.2 Å². The van der Waals surface area contributed by atoms with Crippen LogP contribution in [-0.4, -0.2) is 84.1 Å². The molecular weight excluding hydrogens is 548 g/mol. The van der Waals surface area contributed by atoms with Crippen molar-refractivity contribution in [3.8, 4) is 11.8 Å². The van der Waals surface area contributed by atoms with Crippen LogP contribution in [0.1, 0.15) is 20.7 Å². The number of aromatic carboxylic acids is 1. The van der Waals surface area contributed by atoms with Crippen LogP contribution < -0.4 is 20.1 Å². The van der Waals surface area contributed by atoms with Gasteiger partial charge >= 0.3 is 23.3 Å². The van der Waals surface area contributed by atoms with E-state index in [-0.39, 0.29) is 11.6 Å². The minimum atomic E-state index is -2.82. The Labute approximate surface area is 215 Å². The van der Waals surface area contributed by atoms with Crippen molar-refractivity contribution >= 4 is 34.9 Å². The smallest absolute Gasteiger partial charge is 0.343 e. The van der Waals surface area contributed by atoms with Crippen molar-refractivity contribution in [2.45, 2.75) is 12.9 Å². The predicted molar refractivity (Wildman–Crippen MR) is 122 cm³/mol. The summed E-state index contributed by atoms with van der Waals surface area (Å²) in [6, 6.07) is 1.55. The van der Waals surface area contributed by atoms with E-state index in [1.54, 1.807) is 0 Å². The molecule has 2 aromatic rings. The number of carboxylic acids is 1. The van der Waals surface area contributed by atoms with Crippen LogP contribution in [0.2, 0.25) is 0 Å². The summed E-state index contributed by atoms with van der Waals surface area (Å²) in [6.07, 6.45) is -5.60. The van der Waals surface area contributed by atoms with E-state index in [1.807, 2.05) is 0 Å². The number of carboxylic acid groups (broad SMARTS) is 1. The number of methoxy groups -OCH3 is 1. The monoisotopic (exact) mass is 568 g/mol. The topological polar surface area (TPSA) is 218 Å². The van der Waals surface area contributed by atoms with Gasteiger partial charge in [-0.05, 0) is 0 Å². The molecule has 0 unspecified atom stereocenters. The first-order valence-corrected chi connectivity index (χ1v) is 10.1. The van der Waals surface area contributed by atoms with Crippen LogP contribution in [0.3, 0.4) is 0 Å². The van der Waals surface area contributed by atoms with Crippen molar-refractivity contribution in [1.82, 2.24) is 9.97 Å². The standard InChI is InChI=1S/C10H11F2N3O5.C9H9F2N3O5/c1-13-8-6(15(17)18)3-5(10(16)19-2)9(14-8)20-4-7(11)12;1-12-7-5(14(17)18)2-4(9(15)16)8(13-7)19-3-6(10)11/h3,7H,4H2,1-2H3,(H,13,14);2,6H,3H2,1H3,(H,12,13)(H,15,16). The fourth-order valence-electron chi connectivity index (χ4n) is 2.53. The molecule has 0 aliphatic heterocycles. The molecule has 0 radical (unpaired) electrons. The first-order chi connectivity index (χ1) is 18.3. The molecular formula is C19H20F4N6O10. The maximum Gasteiger partial charge on any atom is 0.343 e. The largest absolute Gasteiger partial charge is 0.477 e. The Morgan fingerprint density at radius 2 is 1.28 bits per heavy atom. The summed E-state index contributed by atoms with van der Waals surface area (Å²) in [6.45, 7) is -2.06. The van der Waals surface area contributed by atoms with Gasteiger partial charge in [0, 0.05) is 26.2 Å². The van der Waals surface area contributed by atoms with Gasteiger partial charge in [-0.25, -0.2) is 27.2 Å². The van der Waals surface area contributed by atoms with Gasteiger partial charge in [-0.15, -0.1) is 0 Å². The maximum absolute atomic E-state index is 12.1. The molecule has 2 heterocycles. The van der Waals surface area contributed by atoms with Gasteiger partial charge in [0.05, 0.1) is 17.0 Å². The second kappa shape index (κ2) is 14.6. The second-order valence-electron chi connectivity index (χ2n) is 6.63. The molecule has 3 N–H and O–H groups in total. The Balaban J connectivity index is 0.000000391. The van der Waals surface area contributed by atoms with Gasteiger partial charge in [0.15, 0.2) is 13.2 Å². The van der Waals surface area contributed by atoms with Crippen LogP contribution in [0.4, 0.5) is 40.6 Å². The van der Waals surface area contributed by atoms with Crippen molar-refractivity contribution in [2.75, 3.05) is 45.1 Å². The highest BCUT2D eigenvalue weighted by atomic mass is 19.3. The van der Waals surface area contributed by atoms with Gasteiger partial charge in [-0.3, -0.25) is 20.2 Å². The maximum atomic E-state index is 12.1. The lowest BCUT2D eigenvalue weighted by Crippen LogP contribution is -2.14. The Kier molecular flexibility index (Phi) is 12.0. The lowest BCUT2D eigenvalue weighted by Gasteiger charge is -2.10. The number of rotatable bonds is 12. The zero-order valence-corrected chi connectivity index (χ0v) is 20.1. The van der Waals surface area contributed by atoms with E-state index in [1.165, 1.54) is 14.1 Å². The molecule has 0 bridgehead atoms. The van der Waals surface area contributed by atoms with Gasteiger partial charge in [0.1, 0.15) is 11.1 Å². The molecule has 0 fully saturated rings. The number of hydrogen-bond donors (Lipinski definition) is 3. The lowest BCUT2D eigenvalue weighted by molar-refractivity contribution is -0.384. The molecule has 39 heavy (non-hydrogen) atoms. The third-order valence-electron chi connectivity index (χ3n) is 4.13. The van der Waals surface area contributed by atoms with Crippen LogP contribution in [0, 0.1) is 20.2 Å². The van der Waals surface area contributed by atoms with Gasteiger partial charge in [0.25, 0.3) is 12.9 Å². The Hall–Kier alpha value is -5.04. The van der Waals surface area contributed by atoms with E-state index in [4.69, 9.17) is 5.11 Å². The van der Waals surface area contributed by atoms with Gasteiger partial charge < -0.3 is 30.0 Å². The summed E-state index contributed by atoms with van der Waals surface area (Å²) in [5.41, 5.74) is -2.16. The van der Waals surface area contributed by atoms with E-state index < -0.39 is 82.1 Å². The molecule has 0 aliphatic rings. The van der Waals surface area contributed by atoms with E-state index >= 15 is 0 Å². The fraction of sp³-hybridized carbons (Fsp3) is 0.368. The van der Waals surface area contributed by atoms with Crippen molar-refractivity contribution < 1.29 is 56.3 Å². The number of hydrogen-bond acceptors (Lipinski definition) is 13. The van der Waals surface area contributed by atoms with Crippen LogP contribution in [0.15, 0.2) is 12.1 Å². The molecule has 0 spiro atoms. The number of nitrogens with one attached hydrogen (secondary N) is 2. The third-order valence-corrected chi connectivity index (χ3v) is 4.13. The van der Waals surface area contributed by atoms with Gasteiger partial charge in [0.2, 0.25) is 23.4 Å². The van der Waals surface area contributed by atoms with Gasteiger partial charge in [-0.1, -0.05) is 0 Å². The van der Waals surface area contributed by atoms with Gasteiger partial charge in [-0.2, -0.15) is 9.97 Å². The number of carbonyl (C=O) groups excluding carboxylic acids is 1. The average molecular weight is 568 g/mol. The highest BCUT2D eigenvalue weighted by molar-refractivity contribution is 5.93. The lowest BCUT2D eigenvalue weighted by atomic mass is 10.2. The SMILES string of the molecule is CNc1nc(OCC(F)F)c(C(=O)O)cc1[N+](=O)[O-].CNc1nc(OCC(F)F)c(C(=O)OC)cc1[N+](=O)[O-]. The normalized spacial score (nSPS) is 10.3. The quantitative estimate of drug-likeness (QED) is 0.145. The molecule has 0 saturated carbocycles. The number of carbonyl (C=O) groups is 2. The van der Waals surface area contributed by atoms with E-state index in [0.29, 0.717) is 6.07 Å². The number of alkyl halides is 4. The number of pyridine rings is 2. The molecule has 0 atom stereocenters. The number of halogens is 4. The van der Waals surface area contributed by atoms with Crippen molar-refractivity contribution in [2.24, 2.45) is 0 Å². The van der Waals surface area contributed by atoms with Crippen molar-refractivity contribution in [1.29, 1.82) is 0 Å². The Bertz CT molecular complexity index is 1220. The molecule has 0 aromatic carbocycles. The summed E-state index contributed by atoms with van der Waals surface area (Å²) in [5, 5.41) is 35.2.